The number of hydrogen-bond acceptors (Lipinski definition) is 4. The van der Waals surface area contributed by atoms with Crippen LogP contribution in [-0.2, 0) is 16.6 Å². The molecular formula is C31H45N3O2. The summed E-state index contributed by atoms with van der Waals surface area (Å²) < 4.78 is 0. The molecule has 3 saturated carbocycles. The molecular weight excluding hydrogens is 446 g/mol. The number of phenolic OH excluding ortho intramolecular Hbond substituents is 1. The molecule has 3 aliphatic heterocycles. The first-order valence-corrected chi connectivity index (χ1v) is 15.1. The lowest BCUT2D eigenvalue weighted by Gasteiger charge is -2.63. The van der Waals surface area contributed by atoms with Gasteiger partial charge in [0.2, 0.25) is 5.91 Å². The molecule has 0 radical (unpaired) electrons. The molecule has 0 aromatic heterocycles. The fourth-order valence-electron chi connectivity index (χ4n) is 10.3. The number of aromatic hydroxyl groups is 1. The van der Waals surface area contributed by atoms with Crippen LogP contribution >= 0.6 is 0 Å². The van der Waals surface area contributed by atoms with Gasteiger partial charge in [0.25, 0.3) is 0 Å². The van der Waals surface area contributed by atoms with Crippen LogP contribution in [-0.4, -0.2) is 65.6 Å². The summed E-state index contributed by atoms with van der Waals surface area (Å²) in [4.78, 5) is 19.1. The Balaban J connectivity index is 1.31. The molecule has 3 aliphatic carbocycles. The van der Waals surface area contributed by atoms with Crippen molar-refractivity contribution in [1.29, 1.82) is 0 Å². The van der Waals surface area contributed by atoms with Gasteiger partial charge < -0.3 is 15.3 Å². The van der Waals surface area contributed by atoms with Crippen LogP contribution in [0, 0.1) is 29.1 Å². The Morgan fingerprint density at radius 1 is 1.19 bits per heavy atom. The van der Waals surface area contributed by atoms with Gasteiger partial charge >= 0.3 is 0 Å². The second-order valence-electron chi connectivity index (χ2n) is 13.3. The van der Waals surface area contributed by atoms with Crippen LogP contribution in [0.5, 0.6) is 5.75 Å². The number of amides is 1. The quantitative estimate of drug-likeness (QED) is 0.644. The van der Waals surface area contributed by atoms with Crippen LogP contribution in [0.25, 0.3) is 0 Å². The standard InChI is InChI=1S/C31H45N3O2/c1-3-22-8-9-25(35)15-26(22)31-12-14-33(18-21-6-7-21)20(2)30(31)11-10-27-28(31)24(16-30)19-34(27)29(36)23-5-4-13-32-17-23/h8-9,15,20-21,23-24,27-28,32,35H,3-7,10-14,16-19H2,1-2H3/t20?,23-,24-,27?,28?,30?,31?/m1/s1. The summed E-state index contributed by atoms with van der Waals surface area (Å²) in [6, 6.07) is 7.17. The third-order valence-corrected chi connectivity index (χ3v) is 11.9. The van der Waals surface area contributed by atoms with Crippen LogP contribution in [0.1, 0.15) is 76.3 Å². The van der Waals surface area contributed by atoms with Gasteiger partial charge in [0.1, 0.15) is 5.75 Å². The van der Waals surface area contributed by atoms with E-state index in [0.29, 0.717) is 35.6 Å². The zero-order valence-electron chi connectivity index (χ0n) is 22.3. The third-order valence-electron chi connectivity index (χ3n) is 11.9. The smallest absolute Gasteiger partial charge is 0.227 e. The summed E-state index contributed by atoms with van der Waals surface area (Å²) in [6.45, 7) is 10.1. The highest BCUT2D eigenvalue weighted by molar-refractivity contribution is 5.80. The van der Waals surface area contributed by atoms with Crippen molar-refractivity contribution in [1.82, 2.24) is 15.1 Å². The van der Waals surface area contributed by atoms with E-state index >= 15 is 0 Å². The van der Waals surface area contributed by atoms with Crippen LogP contribution in [0.4, 0.5) is 0 Å². The van der Waals surface area contributed by atoms with Crippen molar-refractivity contribution in [2.75, 3.05) is 32.7 Å². The van der Waals surface area contributed by atoms with E-state index in [1.165, 1.54) is 49.8 Å². The van der Waals surface area contributed by atoms with Crippen molar-refractivity contribution in [2.45, 2.75) is 89.1 Å². The minimum Gasteiger partial charge on any atom is -0.508 e. The maximum absolute atomic E-state index is 13.9. The second-order valence-corrected chi connectivity index (χ2v) is 13.3. The molecule has 1 amide bonds. The monoisotopic (exact) mass is 491 g/mol. The minimum absolute atomic E-state index is 0.0734. The van der Waals surface area contributed by atoms with Crippen LogP contribution in [0.3, 0.4) is 0 Å². The molecule has 196 valence electrons. The first kappa shape index (κ1) is 23.5. The van der Waals surface area contributed by atoms with Crippen LogP contribution in [0.15, 0.2) is 18.2 Å². The van der Waals surface area contributed by atoms with Gasteiger partial charge in [-0.05, 0) is 124 Å². The average Bonchev–Trinajstić information content (AvgIpc) is 3.60. The number of phenols is 1. The van der Waals surface area contributed by atoms with E-state index in [9.17, 15) is 9.90 Å². The fourth-order valence-corrected chi connectivity index (χ4v) is 10.3. The number of aryl methyl sites for hydroxylation is 1. The van der Waals surface area contributed by atoms with E-state index in [2.05, 4.69) is 41.1 Å². The summed E-state index contributed by atoms with van der Waals surface area (Å²) in [5.41, 5.74) is 3.19. The molecule has 2 N–H and O–H groups in total. The summed E-state index contributed by atoms with van der Waals surface area (Å²) in [5.74, 6) is 3.04. The van der Waals surface area contributed by atoms with Gasteiger partial charge in [-0.2, -0.15) is 0 Å². The van der Waals surface area contributed by atoms with E-state index < -0.39 is 0 Å². The molecule has 36 heavy (non-hydrogen) atoms. The number of nitrogens with zero attached hydrogens (tertiary/aromatic N) is 2. The molecule has 5 heteroatoms. The molecule has 6 aliphatic rings. The summed E-state index contributed by atoms with van der Waals surface area (Å²) >= 11 is 0. The summed E-state index contributed by atoms with van der Waals surface area (Å²) in [5, 5.41) is 14.2. The largest absolute Gasteiger partial charge is 0.508 e. The Bertz CT molecular complexity index is 1030. The fraction of sp³-hybridized carbons (Fsp3) is 0.774. The molecule has 1 aromatic rings. The average molecular weight is 492 g/mol. The molecule has 5 nitrogen and oxygen atoms in total. The maximum Gasteiger partial charge on any atom is 0.227 e. The zero-order valence-corrected chi connectivity index (χ0v) is 22.3. The Labute approximate surface area is 217 Å². The number of likely N-dealkylation sites (tertiary alicyclic amines) is 2. The number of piperidine rings is 2. The predicted octanol–water partition coefficient (Wildman–Crippen LogP) is 4.32. The van der Waals surface area contributed by atoms with E-state index in [4.69, 9.17) is 0 Å². The molecule has 5 unspecified atom stereocenters. The van der Waals surface area contributed by atoms with Gasteiger partial charge in [-0.15, -0.1) is 0 Å². The van der Waals surface area contributed by atoms with Gasteiger partial charge in [-0.1, -0.05) is 13.0 Å². The lowest BCUT2D eigenvalue weighted by molar-refractivity contribution is -0.142. The topological polar surface area (TPSA) is 55.8 Å². The Hall–Kier alpha value is -1.59. The number of hydrogen-bond donors (Lipinski definition) is 2. The molecule has 7 atom stereocenters. The molecule has 1 aromatic carbocycles. The van der Waals surface area contributed by atoms with Crippen LogP contribution in [0.2, 0.25) is 0 Å². The normalized spacial score (nSPS) is 41.9. The number of carbonyl (C=O) groups is 1. The second kappa shape index (κ2) is 8.46. The molecule has 3 heterocycles. The predicted molar refractivity (Wildman–Crippen MR) is 142 cm³/mol. The number of rotatable bonds is 5. The zero-order chi connectivity index (χ0) is 24.7. The molecule has 3 saturated heterocycles. The lowest BCUT2D eigenvalue weighted by atomic mass is 9.46. The molecule has 6 fully saturated rings. The van der Waals surface area contributed by atoms with E-state index in [-0.39, 0.29) is 16.7 Å². The van der Waals surface area contributed by atoms with E-state index in [1.54, 1.807) is 0 Å². The highest BCUT2D eigenvalue weighted by atomic mass is 16.3. The van der Waals surface area contributed by atoms with Crippen molar-refractivity contribution in [3.8, 4) is 5.75 Å². The van der Waals surface area contributed by atoms with Crippen molar-refractivity contribution >= 4 is 5.91 Å². The van der Waals surface area contributed by atoms with Gasteiger partial charge in [0.15, 0.2) is 0 Å². The lowest BCUT2D eigenvalue weighted by Crippen LogP contribution is -2.67. The highest BCUT2D eigenvalue weighted by Gasteiger charge is 2.74. The van der Waals surface area contributed by atoms with Crippen molar-refractivity contribution < 1.29 is 9.90 Å². The highest BCUT2D eigenvalue weighted by Crippen LogP contribution is 2.74. The van der Waals surface area contributed by atoms with E-state index in [1.807, 2.05) is 6.07 Å². The molecule has 7 rings (SSSR count). The first-order chi connectivity index (χ1) is 17.5. The summed E-state index contributed by atoms with van der Waals surface area (Å²) in [7, 11) is 0. The SMILES string of the molecule is CCc1ccc(O)cc1C12CCN(CC3CC3)C(C)C13CCC1C2[C@@H](CN1C(=O)[C@@H]1CCCNC1)C3. The number of benzene rings is 1. The van der Waals surface area contributed by atoms with Crippen molar-refractivity contribution in [3.63, 3.8) is 0 Å². The van der Waals surface area contributed by atoms with Gasteiger partial charge in [-0.3, -0.25) is 9.69 Å². The van der Waals surface area contributed by atoms with Crippen molar-refractivity contribution in [2.24, 2.45) is 29.1 Å². The first-order valence-electron chi connectivity index (χ1n) is 15.1. The van der Waals surface area contributed by atoms with Gasteiger partial charge in [-0.25, -0.2) is 0 Å². The number of carbonyl (C=O) groups excluding carboxylic acids is 1. The van der Waals surface area contributed by atoms with Gasteiger partial charge in [0, 0.05) is 37.1 Å². The third kappa shape index (κ3) is 3.17. The Morgan fingerprint density at radius 3 is 2.81 bits per heavy atom. The van der Waals surface area contributed by atoms with Gasteiger partial charge in [0.05, 0.1) is 5.92 Å². The maximum atomic E-state index is 13.9. The number of nitrogens with one attached hydrogen (secondary N) is 1. The van der Waals surface area contributed by atoms with Crippen molar-refractivity contribution in [3.05, 3.63) is 29.3 Å². The Kier molecular flexibility index (Phi) is 5.53. The Morgan fingerprint density at radius 2 is 2.06 bits per heavy atom. The van der Waals surface area contributed by atoms with Crippen LogP contribution < -0.4 is 5.32 Å². The molecule has 0 spiro atoms. The molecule has 2 bridgehead atoms. The van der Waals surface area contributed by atoms with E-state index in [0.717, 1.165) is 57.8 Å². The minimum atomic E-state index is 0.0734. The summed E-state index contributed by atoms with van der Waals surface area (Å²) in [6.07, 6.45) is 10.8.